The van der Waals surface area contributed by atoms with Crippen molar-refractivity contribution < 1.29 is 33.6 Å². The number of ether oxygens (including phenoxy) is 4. The number of hydrogen-bond acceptors (Lipinski definition) is 7. The lowest BCUT2D eigenvalue weighted by Crippen LogP contribution is -2.29. The maximum Gasteiger partial charge on any atom is 0.300 e. The van der Waals surface area contributed by atoms with Gasteiger partial charge in [0.05, 0.1) is 24.8 Å². The van der Waals surface area contributed by atoms with Crippen LogP contribution >= 0.6 is 0 Å². The van der Waals surface area contributed by atoms with Gasteiger partial charge in [-0.1, -0.05) is 38.1 Å². The summed E-state index contributed by atoms with van der Waals surface area (Å²) in [4.78, 5) is 28.4. The van der Waals surface area contributed by atoms with Crippen molar-refractivity contribution in [3.63, 3.8) is 0 Å². The van der Waals surface area contributed by atoms with E-state index >= 15 is 0 Å². The molecule has 2 aliphatic rings. The van der Waals surface area contributed by atoms with Crippen LogP contribution in [-0.2, 0) is 9.59 Å². The molecule has 0 radical (unpaired) electrons. The number of anilines is 1. The third-order valence-electron chi connectivity index (χ3n) is 6.25. The first-order chi connectivity index (χ1) is 18.4. The number of benzene rings is 3. The summed E-state index contributed by atoms with van der Waals surface area (Å²) < 4.78 is 22.4. The Morgan fingerprint density at radius 2 is 1.71 bits per heavy atom. The highest BCUT2D eigenvalue weighted by molar-refractivity contribution is 6.51. The van der Waals surface area contributed by atoms with Crippen molar-refractivity contribution in [3.8, 4) is 23.0 Å². The van der Waals surface area contributed by atoms with Gasteiger partial charge >= 0.3 is 0 Å². The highest BCUT2D eigenvalue weighted by Crippen LogP contribution is 2.45. The molecule has 2 heterocycles. The number of aliphatic hydroxyl groups is 1. The Bertz CT molecular complexity index is 1410. The number of fused-ring (bicyclic) bond motifs is 1. The van der Waals surface area contributed by atoms with E-state index < -0.39 is 17.7 Å². The Hall–Kier alpha value is -4.46. The zero-order valence-electron chi connectivity index (χ0n) is 21.5. The zero-order valence-corrected chi connectivity index (χ0v) is 21.5. The van der Waals surface area contributed by atoms with Crippen LogP contribution in [0.3, 0.4) is 0 Å². The van der Waals surface area contributed by atoms with E-state index in [0.29, 0.717) is 58.9 Å². The van der Waals surface area contributed by atoms with E-state index in [1.165, 1.54) is 4.90 Å². The Balaban J connectivity index is 1.64. The number of carbonyl (C=O) groups is 2. The van der Waals surface area contributed by atoms with Crippen LogP contribution in [0.2, 0.25) is 0 Å². The van der Waals surface area contributed by atoms with Crippen LogP contribution in [0.15, 0.2) is 72.3 Å². The normalized spacial score (nSPS) is 17.8. The molecule has 1 atom stereocenters. The molecule has 1 saturated heterocycles. The van der Waals surface area contributed by atoms with E-state index in [2.05, 4.69) is 0 Å². The minimum atomic E-state index is -0.906. The van der Waals surface area contributed by atoms with Gasteiger partial charge in [-0.15, -0.1) is 0 Å². The summed E-state index contributed by atoms with van der Waals surface area (Å²) in [7, 11) is 0. The first kappa shape index (κ1) is 25.2. The second-order valence-electron chi connectivity index (χ2n) is 9.44. The molecule has 8 nitrogen and oxygen atoms in total. The van der Waals surface area contributed by atoms with E-state index in [9.17, 15) is 14.7 Å². The van der Waals surface area contributed by atoms with E-state index in [4.69, 9.17) is 18.9 Å². The van der Waals surface area contributed by atoms with Crippen molar-refractivity contribution in [1.82, 2.24) is 0 Å². The van der Waals surface area contributed by atoms with Gasteiger partial charge in [-0.25, -0.2) is 0 Å². The van der Waals surface area contributed by atoms with Gasteiger partial charge in [0.25, 0.3) is 11.7 Å². The summed E-state index contributed by atoms with van der Waals surface area (Å²) >= 11 is 0. The zero-order chi connectivity index (χ0) is 26.8. The molecule has 1 unspecified atom stereocenters. The highest BCUT2D eigenvalue weighted by Gasteiger charge is 2.47. The van der Waals surface area contributed by atoms with Gasteiger partial charge in [0.1, 0.15) is 17.3 Å². The van der Waals surface area contributed by atoms with Gasteiger partial charge in [0.15, 0.2) is 11.5 Å². The molecule has 3 aromatic carbocycles. The predicted molar refractivity (Wildman–Crippen MR) is 142 cm³/mol. The average Bonchev–Trinajstić information content (AvgIpc) is 3.49. The largest absolute Gasteiger partial charge is 0.507 e. The maximum atomic E-state index is 13.5. The fraction of sp³-hybridized carbons (Fsp3) is 0.267. The number of rotatable bonds is 8. The molecule has 5 rings (SSSR count). The summed E-state index contributed by atoms with van der Waals surface area (Å²) in [5.41, 5.74) is 1.40. The summed E-state index contributed by atoms with van der Waals surface area (Å²) in [6.07, 6.45) is 0. The van der Waals surface area contributed by atoms with Gasteiger partial charge in [0.2, 0.25) is 6.79 Å². The average molecular weight is 516 g/mol. The van der Waals surface area contributed by atoms with Crippen molar-refractivity contribution in [2.45, 2.75) is 26.8 Å². The second-order valence-corrected chi connectivity index (χ2v) is 9.44. The molecular formula is C30H29NO7. The van der Waals surface area contributed by atoms with Gasteiger partial charge in [-0.05, 0) is 54.8 Å². The highest BCUT2D eigenvalue weighted by atomic mass is 16.7. The monoisotopic (exact) mass is 515 g/mol. The third-order valence-corrected chi connectivity index (χ3v) is 6.25. The molecule has 1 N–H and O–H groups in total. The fourth-order valence-corrected chi connectivity index (χ4v) is 4.54. The maximum absolute atomic E-state index is 13.5. The van der Waals surface area contributed by atoms with Crippen LogP contribution < -0.4 is 23.8 Å². The molecular weight excluding hydrogens is 486 g/mol. The third kappa shape index (κ3) is 4.77. The standard InChI is InChI=1S/C30H29NO7/c1-4-35-22-9-5-7-19(13-22)27-26(28(32)20-8-6-10-23(14-20)36-16-18(2)3)29(33)30(34)31(27)21-11-12-24-25(15-21)38-17-37-24/h5-15,18,27,32H,4,16-17H2,1-3H3/b28-26+. The van der Waals surface area contributed by atoms with Crippen LogP contribution in [-0.4, -0.2) is 36.8 Å². The molecule has 0 saturated carbocycles. The molecule has 0 aliphatic carbocycles. The molecule has 1 fully saturated rings. The number of carbonyl (C=O) groups excluding carboxylic acids is 2. The lowest BCUT2D eigenvalue weighted by atomic mass is 9.95. The molecule has 2 aliphatic heterocycles. The van der Waals surface area contributed by atoms with Crippen molar-refractivity contribution in [2.24, 2.45) is 5.92 Å². The SMILES string of the molecule is CCOc1cccc(C2/C(=C(\O)c3cccc(OCC(C)C)c3)C(=O)C(=O)N2c2ccc3c(c2)OCO3)c1. The molecule has 8 heteroatoms. The quantitative estimate of drug-likeness (QED) is 0.241. The number of Topliss-reactive ketones (excluding diaryl/α,β-unsaturated/α-hetero) is 1. The topological polar surface area (TPSA) is 94.5 Å². The Labute approximate surface area is 221 Å². The van der Waals surface area contributed by atoms with Crippen molar-refractivity contribution in [3.05, 3.63) is 83.4 Å². The molecule has 3 aromatic rings. The molecule has 0 bridgehead atoms. The first-order valence-electron chi connectivity index (χ1n) is 12.5. The van der Waals surface area contributed by atoms with E-state index in [1.807, 2.05) is 20.8 Å². The minimum absolute atomic E-state index is 0.0256. The number of amides is 1. The molecule has 38 heavy (non-hydrogen) atoms. The van der Waals surface area contributed by atoms with Gasteiger partial charge < -0.3 is 24.1 Å². The summed E-state index contributed by atoms with van der Waals surface area (Å²) in [5.74, 6) is 0.655. The second kappa shape index (κ2) is 10.5. The van der Waals surface area contributed by atoms with Crippen LogP contribution in [0.4, 0.5) is 5.69 Å². The predicted octanol–water partition coefficient (Wildman–Crippen LogP) is 5.48. The molecule has 196 valence electrons. The summed E-state index contributed by atoms with van der Waals surface area (Å²) in [6.45, 7) is 6.99. The van der Waals surface area contributed by atoms with Crippen LogP contribution in [0.1, 0.15) is 37.9 Å². The molecule has 1 amide bonds. The van der Waals surface area contributed by atoms with Crippen LogP contribution in [0.5, 0.6) is 23.0 Å². The van der Waals surface area contributed by atoms with Crippen LogP contribution in [0, 0.1) is 5.92 Å². The minimum Gasteiger partial charge on any atom is -0.507 e. The first-order valence-corrected chi connectivity index (χ1v) is 12.5. The number of aliphatic hydroxyl groups excluding tert-OH is 1. The van der Waals surface area contributed by atoms with Crippen LogP contribution in [0.25, 0.3) is 5.76 Å². The van der Waals surface area contributed by atoms with Crippen molar-refractivity contribution >= 4 is 23.1 Å². The smallest absolute Gasteiger partial charge is 0.300 e. The van der Waals surface area contributed by atoms with Gasteiger partial charge in [-0.2, -0.15) is 0 Å². The van der Waals surface area contributed by atoms with E-state index in [1.54, 1.807) is 66.7 Å². The summed E-state index contributed by atoms with van der Waals surface area (Å²) in [5, 5.41) is 11.5. The van der Waals surface area contributed by atoms with Crippen molar-refractivity contribution in [1.29, 1.82) is 0 Å². The number of ketones is 1. The lowest BCUT2D eigenvalue weighted by molar-refractivity contribution is -0.132. The van der Waals surface area contributed by atoms with Gasteiger partial charge in [-0.3, -0.25) is 14.5 Å². The van der Waals surface area contributed by atoms with E-state index in [0.717, 1.165) is 0 Å². The van der Waals surface area contributed by atoms with Crippen molar-refractivity contribution in [2.75, 3.05) is 24.9 Å². The fourth-order valence-electron chi connectivity index (χ4n) is 4.54. The lowest BCUT2D eigenvalue weighted by Gasteiger charge is -2.26. The number of nitrogens with zero attached hydrogens (tertiary/aromatic N) is 1. The number of hydrogen-bond donors (Lipinski definition) is 1. The Morgan fingerprint density at radius 3 is 2.47 bits per heavy atom. The molecule has 0 aromatic heterocycles. The van der Waals surface area contributed by atoms with E-state index in [-0.39, 0.29) is 18.1 Å². The van der Waals surface area contributed by atoms with Gasteiger partial charge in [0, 0.05) is 17.3 Å². The Kier molecular flexibility index (Phi) is 6.96. The summed E-state index contributed by atoms with van der Waals surface area (Å²) in [6, 6.07) is 18.2. The molecule has 0 spiro atoms. The Morgan fingerprint density at radius 1 is 0.974 bits per heavy atom.